The zero-order chi connectivity index (χ0) is 13.6. The highest BCUT2D eigenvalue weighted by Crippen LogP contribution is 2.26. The topological polar surface area (TPSA) is 51.3 Å². The van der Waals surface area contributed by atoms with Gasteiger partial charge >= 0.3 is 0 Å². The third kappa shape index (κ3) is 2.30. The van der Waals surface area contributed by atoms with Crippen LogP contribution in [0.1, 0.15) is 23.7 Å². The fourth-order valence-corrected chi connectivity index (χ4v) is 2.99. The van der Waals surface area contributed by atoms with Crippen LogP contribution in [0.5, 0.6) is 0 Å². The number of benzene rings is 1. The number of aryl methyl sites for hydroxylation is 1. The minimum atomic E-state index is -0.151. The van der Waals surface area contributed by atoms with Gasteiger partial charge < -0.3 is 15.2 Å². The lowest BCUT2D eigenvalue weighted by molar-refractivity contribution is 0.0739. The second kappa shape index (κ2) is 5.46. The monoisotopic (exact) mass is 293 g/mol. The quantitative estimate of drug-likeness (QED) is 0.877. The summed E-state index contributed by atoms with van der Waals surface area (Å²) in [6.45, 7) is 2.89. The first kappa shape index (κ1) is 14.9. The second-order valence-corrected chi connectivity index (χ2v) is 5.54. The van der Waals surface area contributed by atoms with Crippen molar-refractivity contribution in [1.29, 1.82) is 0 Å². The molecule has 2 aromatic rings. The van der Waals surface area contributed by atoms with Gasteiger partial charge in [0.2, 0.25) is 0 Å². The largest absolute Gasteiger partial charge is 0.350 e. The number of hydrogen-bond acceptors (Lipinski definition) is 2. The van der Waals surface area contributed by atoms with Crippen LogP contribution in [-0.2, 0) is 7.05 Å². The van der Waals surface area contributed by atoms with Crippen LogP contribution in [0.25, 0.3) is 10.9 Å². The Kier molecular flexibility index (Phi) is 4.06. The lowest BCUT2D eigenvalue weighted by atomic mass is 10.1. The molecule has 0 radical (unpaired) electrons. The van der Waals surface area contributed by atoms with E-state index in [9.17, 15) is 4.79 Å². The molecule has 0 bridgehead atoms. The molecule has 0 spiro atoms. The van der Waals surface area contributed by atoms with Crippen molar-refractivity contribution in [2.75, 3.05) is 6.54 Å². The minimum absolute atomic E-state index is 0. The number of amides is 1. The first-order chi connectivity index (χ1) is 9.08. The number of carbonyl (C=O) groups is 1. The van der Waals surface area contributed by atoms with Gasteiger partial charge in [-0.25, -0.2) is 0 Å². The molecule has 0 saturated carbocycles. The Morgan fingerprint density at radius 3 is 2.70 bits per heavy atom. The maximum absolute atomic E-state index is 12.7. The zero-order valence-electron chi connectivity index (χ0n) is 11.7. The molecule has 2 N–H and O–H groups in total. The van der Waals surface area contributed by atoms with Crippen LogP contribution in [0.2, 0.25) is 0 Å². The van der Waals surface area contributed by atoms with E-state index in [4.69, 9.17) is 5.73 Å². The van der Waals surface area contributed by atoms with Gasteiger partial charge in [-0.15, -0.1) is 12.4 Å². The predicted molar refractivity (Wildman–Crippen MR) is 83.0 cm³/mol. The van der Waals surface area contributed by atoms with Gasteiger partial charge in [0.25, 0.3) is 5.91 Å². The van der Waals surface area contributed by atoms with Crippen molar-refractivity contribution in [2.24, 2.45) is 18.7 Å². The minimum Gasteiger partial charge on any atom is -0.350 e. The number of carbonyl (C=O) groups excluding carboxylic acids is 1. The maximum Gasteiger partial charge on any atom is 0.257 e. The van der Waals surface area contributed by atoms with Crippen LogP contribution in [-0.4, -0.2) is 28.1 Å². The van der Waals surface area contributed by atoms with Crippen LogP contribution < -0.4 is 5.73 Å². The molecule has 1 aliphatic heterocycles. The molecule has 1 amide bonds. The summed E-state index contributed by atoms with van der Waals surface area (Å²) in [6, 6.07) is 7.97. The lowest BCUT2D eigenvalue weighted by Crippen LogP contribution is -2.41. The normalized spacial score (nSPS) is 22.1. The number of nitrogens with two attached hydrogens (primary N) is 1. The lowest BCUT2D eigenvalue weighted by Gasteiger charge is -2.20. The molecule has 1 aromatic carbocycles. The SMILES string of the molecule is CC1CC(N)N(C(=O)c2cn(C)c3ccccc23)C1.Cl. The second-order valence-electron chi connectivity index (χ2n) is 5.54. The Morgan fingerprint density at radius 2 is 2.05 bits per heavy atom. The molecule has 2 heterocycles. The summed E-state index contributed by atoms with van der Waals surface area (Å²) in [5, 5.41) is 1.00. The molecule has 1 saturated heterocycles. The molecule has 3 rings (SSSR count). The van der Waals surface area contributed by atoms with E-state index >= 15 is 0 Å². The van der Waals surface area contributed by atoms with E-state index in [1.807, 2.05) is 42.1 Å². The Hall–Kier alpha value is -1.52. The fraction of sp³-hybridized carbons (Fsp3) is 0.400. The van der Waals surface area contributed by atoms with Crippen molar-refractivity contribution in [2.45, 2.75) is 19.5 Å². The Balaban J connectivity index is 0.00000147. The van der Waals surface area contributed by atoms with Crippen molar-refractivity contribution in [3.05, 3.63) is 36.0 Å². The molecular formula is C15H20ClN3O. The van der Waals surface area contributed by atoms with Crippen LogP contribution in [0.3, 0.4) is 0 Å². The summed E-state index contributed by atoms with van der Waals surface area (Å²) in [7, 11) is 1.96. The number of para-hydroxylation sites is 1. The highest BCUT2D eigenvalue weighted by molar-refractivity contribution is 6.07. The van der Waals surface area contributed by atoms with Crippen LogP contribution in [0.15, 0.2) is 30.5 Å². The van der Waals surface area contributed by atoms with E-state index < -0.39 is 0 Å². The zero-order valence-corrected chi connectivity index (χ0v) is 12.6. The number of halogens is 1. The Labute approximate surface area is 124 Å². The first-order valence-corrected chi connectivity index (χ1v) is 6.68. The number of likely N-dealkylation sites (tertiary alicyclic amines) is 1. The Bertz CT molecular complexity index is 637. The number of rotatable bonds is 1. The third-order valence-corrected chi connectivity index (χ3v) is 3.94. The average Bonchev–Trinajstić information content (AvgIpc) is 2.90. The van der Waals surface area contributed by atoms with Gasteiger partial charge in [0, 0.05) is 30.7 Å². The number of nitrogens with zero attached hydrogens (tertiary/aromatic N) is 2. The summed E-state index contributed by atoms with van der Waals surface area (Å²) in [4.78, 5) is 14.5. The van der Waals surface area contributed by atoms with Gasteiger partial charge in [-0.1, -0.05) is 25.1 Å². The van der Waals surface area contributed by atoms with Crippen LogP contribution >= 0.6 is 12.4 Å². The van der Waals surface area contributed by atoms with Gasteiger partial charge in [-0.3, -0.25) is 4.79 Å². The molecule has 4 nitrogen and oxygen atoms in total. The van der Waals surface area contributed by atoms with Gasteiger partial charge in [-0.05, 0) is 18.4 Å². The first-order valence-electron chi connectivity index (χ1n) is 6.68. The highest BCUT2D eigenvalue weighted by Gasteiger charge is 2.32. The van der Waals surface area contributed by atoms with E-state index in [2.05, 4.69) is 6.92 Å². The van der Waals surface area contributed by atoms with E-state index in [-0.39, 0.29) is 24.5 Å². The van der Waals surface area contributed by atoms with Crippen molar-refractivity contribution < 1.29 is 4.79 Å². The van der Waals surface area contributed by atoms with Gasteiger partial charge in [0.05, 0.1) is 11.7 Å². The predicted octanol–water partition coefficient (Wildman–Crippen LogP) is 2.37. The maximum atomic E-state index is 12.7. The number of fused-ring (bicyclic) bond motifs is 1. The van der Waals surface area contributed by atoms with Crippen molar-refractivity contribution in [3.63, 3.8) is 0 Å². The third-order valence-electron chi connectivity index (χ3n) is 3.94. The average molecular weight is 294 g/mol. The molecule has 0 aliphatic carbocycles. The summed E-state index contributed by atoms with van der Waals surface area (Å²) in [6.07, 6.45) is 2.64. The van der Waals surface area contributed by atoms with Crippen molar-refractivity contribution >= 4 is 29.2 Å². The van der Waals surface area contributed by atoms with Crippen molar-refractivity contribution in [3.8, 4) is 0 Å². The van der Waals surface area contributed by atoms with Crippen LogP contribution in [0, 0.1) is 5.92 Å². The molecule has 1 fully saturated rings. The van der Waals surface area contributed by atoms with Gasteiger partial charge in [-0.2, -0.15) is 0 Å². The molecule has 1 aromatic heterocycles. The van der Waals surface area contributed by atoms with E-state index in [0.29, 0.717) is 5.92 Å². The number of hydrogen-bond donors (Lipinski definition) is 1. The molecule has 108 valence electrons. The van der Waals surface area contributed by atoms with Crippen LogP contribution in [0.4, 0.5) is 0 Å². The van der Waals surface area contributed by atoms with Gasteiger partial charge in [0.1, 0.15) is 0 Å². The number of aromatic nitrogens is 1. The summed E-state index contributed by atoms with van der Waals surface area (Å²) >= 11 is 0. The molecular weight excluding hydrogens is 274 g/mol. The Morgan fingerprint density at radius 1 is 1.35 bits per heavy atom. The van der Waals surface area contributed by atoms with E-state index in [0.717, 1.165) is 29.4 Å². The van der Waals surface area contributed by atoms with Gasteiger partial charge in [0.15, 0.2) is 0 Å². The highest BCUT2D eigenvalue weighted by atomic mass is 35.5. The summed E-state index contributed by atoms with van der Waals surface area (Å²) in [5.74, 6) is 0.530. The molecule has 5 heteroatoms. The molecule has 2 atom stereocenters. The summed E-state index contributed by atoms with van der Waals surface area (Å²) in [5.41, 5.74) is 7.88. The van der Waals surface area contributed by atoms with E-state index in [1.54, 1.807) is 4.90 Å². The van der Waals surface area contributed by atoms with Crippen molar-refractivity contribution in [1.82, 2.24) is 9.47 Å². The molecule has 20 heavy (non-hydrogen) atoms. The smallest absolute Gasteiger partial charge is 0.257 e. The summed E-state index contributed by atoms with van der Waals surface area (Å²) < 4.78 is 1.99. The fourth-order valence-electron chi connectivity index (χ4n) is 2.99. The molecule has 1 aliphatic rings. The molecule has 2 unspecified atom stereocenters. The standard InChI is InChI=1S/C15H19N3O.ClH/c1-10-7-14(16)18(8-10)15(19)12-9-17(2)13-6-4-3-5-11(12)13;/h3-6,9-10,14H,7-8,16H2,1-2H3;1H. The van der Waals surface area contributed by atoms with E-state index in [1.165, 1.54) is 0 Å².